The lowest BCUT2D eigenvalue weighted by atomic mass is 10.00. The van der Waals surface area contributed by atoms with Gasteiger partial charge in [-0.2, -0.15) is 0 Å². The normalized spacial score (nSPS) is 16.1. The Morgan fingerprint density at radius 3 is 2.37 bits per heavy atom. The van der Waals surface area contributed by atoms with E-state index in [1.807, 2.05) is 13.8 Å². The average Bonchev–Trinajstić information content (AvgIpc) is 3.08. The zero-order chi connectivity index (χ0) is 20.6. The molecule has 0 radical (unpaired) electrons. The van der Waals surface area contributed by atoms with Crippen LogP contribution in [0.1, 0.15) is 60.2 Å². The van der Waals surface area contributed by atoms with Gasteiger partial charge >= 0.3 is 0 Å². The van der Waals surface area contributed by atoms with Crippen molar-refractivity contribution in [2.24, 2.45) is 4.99 Å². The van der Waals surface area contributed by atoms with E-state index in [-0.39, 0.29) is 24.0 Å². The third-order valence-electron chi connectivity index (χ3n) is 5.72. The zero-order valence-corrected chi connectivity index (χ0v) is 21.0. The molecule has 2 heterocycles. The number of aromatic nitrogens is 1. The van der Waals surface area contributed by atoms with Crippen LogP contribution in [-0.2, 0) is 13.1 Å². The van der Waals surface area contributed by atoms with E-state index >= 15 is 0 Å². The number of hydrogen-bond acceptors (Lipinski definition) is 4. The van der Waals surface area contributed by atoms with Gasteiger partial charge in [0.2, 0.25) is 0 Å². The predicted octanol–water partition coefficient (Wildman–Crippen LogP) is 4.36. The summed E-state index contributed by atoms with van der Waals surface area (Å²) >= 11 is 0. The zero-order valence-electron chi connectivity index (χ0n) is 18.7. The minimum absolute atomic E-state index is 0. The van der Waals surface area contributed by atoms with Crippen LogP contribution in [0.2, 0.25) is 0 Å². The van der Waals surface area contributed by atoms with Gasteiger partial charge in [-0.25, -0.2) is 0 Å². The first-order chi connectivity index (χ1) is 14.1. The van der Waals surface area contributed by atoms with Crippen molar-refractivity contribution < 1.29 is 4.52 Å². The molecular formula is C23H36IN5O. The van der Waals surface area contributed by atoms with Crippen molar-refractivity contribution in [1.82, 2.24) is 20.7 Å². The quantitative estimate of drug-likeness (QED) is 0.320. The first-order valence-electron chi connectivity index (χ1n) is 10.7. The predicted molar refractivity (Wildman–Crippen MR) is 134 cm³/mol. The van der Waals surface area contributed by atoms with Crippen molar-refractivity contribution in [1.29, 1.82) is 0 Å². The van der Waals surface area contributed by atoms with Gasteiger partial charge in [-0.1, -0.05) is 42.8 Å². The number of aliphatic imine (C=N–C) groups is 1. The van der Waals surface area contributed by atoms with Crippen LogP contribution >= 0.6 is 24.0 Å². The number of aryl methyl sites for hydroxylation is 2. The summed E-state index contributed by atoms with van der Waals surface area (Å²) in [5.41, 5.74) is 4.79. The molecule has 1 aromatic heterocycles. The molecule has 1 aliphatic rings. The van der Waals surface area contributed by atoms with Gasteiger partial charge in [0.05, 0.1) is 5.69 Å². The highest BCUT2D eigenvalue weighted by Crippen LogP contribution is 2.22. The van der Waals surface area contributed by atoms with Crippen LogP contribution in [0, 0.1) is 13.8 Å². The van der Waals surface area contributed by atoms with E-state index < -0.39 is 0 Å². The van der Waals surface area contributed by atoms with Gasteiger partial charge in [0.15, 0.2) is 5.96 Å². The van der Waals surface area contributed by atoms with Crippen molar-refractivity contribution in [3.63, 3.8) is 0 Å². The number of benzene rings is 1. The monoisotopic (exact) mass is 525 g/mol. The van der Waals surface area contributed by atoms with E-state index in [9.17, 15) is 0 Å². The number of nitrogens with zero attached hydrogens (tertiary/aromatic N) is 3. The number of guanidine groups is 1. The smallest absolute Gasteiger partial charge is 0.191 e. The molecule has 2 aromatic rings. The Hall–Kier alpha value is -1.61. The molecule has 0 spiro atoms. The molecule has 1 atom stereocenters. The van der Waals surface area contributed by atoms with E-state index in [1.165, 1.54) is 49.0 Å². The number of piperidine rings is 1. The summed E-state index contributed by atoms with van der Waals surface area (Å²) < 4.78 is 5.29. The van der Waals surface area contributed by atoms with E-state index in [2.05, 4.69) is 56.9 Å². The van der Waals surface area contributed by atoms with Gasteiger partial charge in [-0.05, 0) is 50.9 Å². The Morgan fingerprint density at radius 2 is 1.77 bits per heavy atom. The fraction of sp³-hybridized carbons (Fsp3) is 0.565. The molecule has 0 bridgehead atoms. The molecule has 3 rings (SSSR count). The second kappa shape index (κ2) is 12.3. The summed E-state index contributed by atoms with van der Waals surface area (Å²) in [5.74, 6) is 2.00. The van der Waals surface area contributed by atoms with Crippen molar-refractivity contribution in [3.05, 3.63) is 52.4 Å². The van der Waals surface area contributed by atoms with Crippen LogP contribution in [0.15, 0.2) is 33.8 Å². The molecule has 1 fully saturated rings. The lowest BCUT2D eigenvalue weighted by Crippen LogP contribution is -2.38. The standard InChI is InChI=1S/C23H35N5O.HI/c1-17(22-18(2)27-29-19(22)3)14-25-23(24-4)26-15-20-8-10-21(11-9-20)16-28-12-6-5-7-13-28;/h8-11,17H,5-7,12-16H2,1-4H3,(H2,24,25,26);1H. The van der Waals surface area contributed by atoms with Gasteiger partial charge in [-0.15, -0.1) is 24.0 Å². The van der Waals surface area contributed by atoms with Crippen molar-refractivity contribution in [2.75, 3.05) is 26.7 Å². The molecule has 7 heteroatoms. The van der Waals surface area contributed by atoms with Gasteiger partial charge < -0.3 is 15.2 Å². The number of halogens is 1. The molecule has 1 aliphatic heterocycles. The van der Waals surface area contributed by atoms with Crippen LogP contribution < -0.4 is 10.6 Å². The minimum atomic E-state index is 0. The largest absolute Gasteiger partial charge is 0.361 e. The summed E-state index contributed by atoms with van der Waals surface area (Å²) in [6.45, 7) is 11.2. The summed E-state index contributed by atoms with van der Waals surface area (Å²) in [4.78, 5) is 6.90. The molecule has 0 amide bonds. The van der Waals surface area contributed by atoms with Crippen molar-refractivity contribution >= 4 is 29.9 Å². The Labute approximate surface area is 197 Å². The number of rotatable bonds is 7. The Balaban J connectivity index is 0.00000320. The highest BCUT2D eigenvalue weighted by atomic mass is 127. The van der Waals surface area contributed by atoms with Gasteiger partial charge in [0, 0.05) is 38.2 Å². The summed E-state index contributed by atoms with van der Waals surface area (Å²) in [7, 11) is 1.80. The molecule has 0 saturated carbocycles. The fourth-order valence-electron chi connectivity index (χ4n) is 4.09. The number of hydrogen-bond donors (Lipinski definition) is 2. The Kier molecular flexibility index (Phi) is 10.1. The van der Waals surface area contributed by atoms with Crippen LogP contribution in [0.3, 0.4) is 0 Å². The first kappa shape index (κ1) is 24.7. The molecule has 166 valence electrons. The second-order valence-corrected chi connectivity index (χ2v) is 8.10. The minimum Gasteiger partial charge on any atom is -0.361 e. The van der Waals surface area contributed by atoms with Crippen LogP contribution in [0.4, 0.5) is 0 Å². The SMILES string of the molecule is CN=C(NCc1ccc(CN2CCCCC2)cc1)NCC(C)c1c(C)noc1C.I. The first-order valence-corrected chi connectivity index (χ1v) is 10.7. The molecule has 30 heavy (non-hydrogen) atoms. The van der Waals surface area contributed by atoms with E-state index in [0.29, 0.717) is 5.92 Å². The highest BCUT2D eigenvalue weighted by Gasteiger charge is 2.16. The van der Waals surface area contributed by atoms with Gasteiger partial charge in [-0.3, -0.25) is 9.89 Å². The number of nitrogens with one attached hydrogen (secondary N) is 2. The third-order valence-corrected chi connectivity index (χ3v) is 5.72. The van der Waals surface area contributed by atoms with Crippen LogP contribution in [-0.4, -0.2) is 42.7 Å². The molecule has 2 N–H and O–H groups in total. The lowest BCUT2D eigenvalue weighted by Gasteiger charge is -2.26. The topological polar surface area (TPSA) is 65.7 Å². The summed E-state index contributed by atoms with van der Waals surface area (Å²) in [6, 6.07) is 8.93. The Morgan fingerprint density at radius 1 is 1.10 bits per heavy atom. The van der Waals surface area contributed by atoms with Crippen molar-refractivity contribution in [2.45, 2.75) is 59.0 Å². The van der Waals surface area contributed by atoms with E-state index in [4.69, 9.17) is 4.52 Å². The average molecular weight is 525 g/mol. The molecule has 6 nitrogen and oxygen atoms in total. The third kappa shape index (κ3) is 6.97. The van der Waals surface area contributed by atoms with E-state index in [0.717, 1.165) is 37.0 Å². The van der Waals surface area contributed by atoms with Crippen LogP contribution in [0.25, 0.3) is 0 Å². The molecule has 1 unspecified atom stereocenters. The maximum atomic E-state index is 5.29. The Bertz CT molecular complexity index is 777. The molecule has 1 saturated heterocycles. The molecular weight excluding hydrogens is 489 g/mol. The highest BCUT2D eigenvalue weighted by molar-refractivity contribution is 14.0. The lowest BCUT2D eigenvalue weighted by molar-refractivity contribution is 0.221. The van der Waals surface area contributed by atoms with E-state index in [1.54, 1.807) is 7.05 Å². The summed E-state index contributed by atoms with van der Waals surface area (Å²) in [5, 5.41) is 10.9. The molecule has 0 aliphatic carbocycles. The van der Waals surface area contributed by atoms with Crippen molar-refractivity contribution in [3.8, 4) is 0 Å². The van der Waals surface area contributed by atoms with Gasteiger partial charge in [0.1, 0.15) is 5.76 Å². The maximum Gasteiger partial charge on any atom is 0.191 e. The maximum absolute atomic E-state index is 5.29. The second-order valence-electron chi connectivity index (χ2n) is 8.10. The van der Waals surface area contributed by atoms with Crippen LogP contribution in [0.5, 0.6) is 0 Å². The number of likely N-dealkylation sites (tertiary alicyclic amines) is 1. The summed E-state index contributed by atoms with van der Waals surface area (Å²) in [6.07, 6.45) is 4.05. The van der Waals surface area contributed by atoms with Gasteiger partial charge in [0.25, 0.3) is 0 Å². The molecule has 1 aromatic carbocycles. The fourth-order valence-corrected chi connectivity index (χ4v) is 4.09.